The number of fused-ring (bicyclic) bond motifs is 1. The summed E-state index contributed by atoms with van der Waals surface area (Å²) in [7, 11) is 0. The highest BCUT2D eigenvalue weighted by Crippen LogP contribution is 2.60. The molecule has 2 fully saturated rings. The first kappa shape index (κ1) is 18.3. The van der Waals surface area contributed by atoms with Crippen LogP contribution in [0.5, 0.6) is 0 Å². The molecule has 0 spiro atoms. The van der Waals surface area contributed by atoms with Crippen molar-refractivity contribution in [2.75, 3.05) is 0 Å². The van der Waals surface area contributed by atoms with Crippen molar-refractivity contribution in [2.45, 2.75) is 79.1 Å². The minimum atomic E-state index is -0.722. The molecule has 4 atom stereocenters. The van der Waals surface area contributed by atoms with Gasteiger partial charge in [0.15, 0.2) is 0 Å². The van der Waals surface area contributed by atoms with Crippen LogP contribution in [0.2, 0.25) is 0 Å². The molecule has 0 unspecified atom stereocenters. The summed E-state index contributed by atoms with van der Waals surface area (Å²) in [5.41, 5.74) is 1.48. The van der Waals surface area contributed by atoms with E-state index in [0.29, 0.717) is 17.3 Å². The summed E-state index contributed by atoms with van der Waals surface area (Å²) in [6.07, 6.45) is 7.76. The Bertz CT molecular complexity index is 471. The maximum Gasteiger partial charge on any atom is 0.303 e. The fourth-order valence-electron chi connectivity index (χ4n) is 5.62. The standard InChI is InChI=1S/C19H33NO3/c1-13(12-17(21)22)6-7-14-15(20-23)8-9-16-18(2,3)10-5-11-19(14,16)4/h13-14,16,23H,5-12H2,1-4H3,(H,21,22)/b20-15+/t13-,14+,16+,19-/m1/s1. The molecule has 0 bridgehead atoms. The summed E-state index contributed by atoms with van der Waals surface area (Å²) >= 11 is 0. The molecule has 0 radical (unpaired) electrons. The van der Waals surface area contributed by atoms with E-state index in [1.807, 2.05) is 6.92 Å². The molecule has 132 valence electrons. The largest absolute Gasteiger partial charge is 0.481 e. The fraction of sp³-hybridized carbons (Fsp3) is 0.895. The van der Waals surface area contributed by atoms with Crippen molar-refractivity contribution >= 4 is 11.7 Å². The van der Waals surface area contributed by atoms with Crippen LogP contribution in [0.4, 0.5) is 0 Å². The molecule has 0 aromatic rings. The summed E-state index contributed by atoms with van der Waals surface area (Å²) in [5, 5.41) is 22.1. The minimum Gasteiger partial charge on any atom is -0.481 e. The van der Waals surface area contributed by atoms with Gasteiger partial charge in [0, 0.05) is 12.3 Å². The van der Waals surface area contributed by atoms with Crippen molar-refractivity contribution in [3.63, 3.8) is 0 Å². The van der Waals surface area contributed by atoms with Gasteiger partial charge in [-0.15, -0.1) is 0 Å². The zero-order chi connectivity index (χ0) is 17.3. The highest BCUT2D eigenvalue weighted by molar-refractivity contribution is 5.88. The Morgan fingerprint density at radius 2 is 2.04 bits per heavy atom. The summed E-state index contributed by atoms with van der Waals surface area (Å²) in [6, 6.07) is 0. The van der Waals surface area contributed by atoms with Crippen molar-refractivity contribution < 1.29 is 15.1 Å². The number of carbonyl (C=O) groups is 1. The van der Waals surface area contributed by atoms with Crippen LogP contribution in [0.3, 0.4) is 0 Å². The quantitative estimate of drug-likeness (QED) is 0.555. The lowest BCUT2D eigenvalue weighted by Crippen LogP contribution is -2.52. The smallest absolute Gasteiger partial charge is 0.303 e. The summed E-state index contributed by atoms with van der Waals surface area (Å²) in [5.74, 6) is 0.407. The first-order valence-corrected chi connectivity index (χ1v) is 9.13. The molecule has 23 heavy (non-hydrogen) atoms. The van der Waals surface area contributed by atoms with Crippen LogP contribution in [-0.2, 0) is 4.79 Å². The lowest BCUT2D eigenvalue weighted by atomic mass is 9.47. The van der Waals surface area contributed by atoms with Crippen LogP contribution < -0.4 is 0 Å². The molecule has 0 heterocycles. The Morgan fingerprint density at radius 3 is 2.65 bits per heavy atom. The molecule has 0 aromatic heterocycles. The lowest BCUT2D eigenvalue weighted by molar-refractivity contribution is -0.138. The SMILES string of the molecule is C[C@H](CC[C@H]1/C(=N/O)CC[C@H]2C(C)(C)CCC[C@]12C)CC(=O)O. The van der Waals surface area contributed by atoms with Crippen LogP contribution in [-0.4, -0.2) is 22.0 Å². The topological polar surface area (TPSA) is 69.9 Å². The van der Waals surface area contributed by atoms with E-state index in [-0.39, 0.29) is 17.8 Å². The zero-order valence-corrected chi connectivity index (χ0v) is 15.1. The van der Waals surface area contributed by atoms with Crippen molar-refractivity contribution in [1.82, 2.24) is 0 Å². The predicted molar refractivity (Wildman–Crippen MR) is 91.8 cm³/mol. The van der Waals surface area contributed by atoms with Crippen molar-refractivity contribution in [1.29, 1.82) is 0 Å². The van der Waals surface area contributed by atoms with E-state index >= 15 is 0 Å². The Kier molecular flexibility index (Phi) is 5.42. The van der Waals surface area contributed by atoms with E-state index in [1.165, 1.54) is 19.3 Å². The first-order chi connectivity index (χ1) is 10.7. The molecule has 2 saturated carbocycles. The number of aliphatic carboxylic acids is 1. The molecule has 2 aliphatic carbocycles. The van der Waals surface area contributed by atoms with Gasteiger partial charge in [-0.1, -0.05) is 39.3 Å². The van der Waals surface area contributed by atoms with Gasteiger partial charge in [0.1, 0.15) is 0 Å². The molecule has 2 aliphatic rings. The second-order valence-corrected chi connectivity index (χ2v) is 8.86. The van der Waals surface area contributed by atoms with E-state index in [2.05, 4.69) is 25.9 Å². The van der Waals surface area contributed by atoms with E-state index in [0.717, 1.165) is 31.4 Å². The molecular formula is C19H33NO3. The van der Waals surface area contributed by atoms with E-state index in [1.54, 1.807) is 0 Å². The number of carboxylic acids is 1. The average Bonchev–Trinajstić information content (AvgIpc) is 2.43. The molecule has 2 rings (SSSR count). The van der Waals surface area contributed by atoms with Crippen molar-refractivity contribution in [2.24, 2.45) is 33.7 Å². The van der Waals surface area contributed by atoms with Gasteiger partial charge in [-0.2, -0.15) is 0 Å². The maximum absolute atomic E-state index is 10.9. The van der Waals surface area contributed by atoms with Crippen LogP contribution >= 0.6 is 0 Å². The van der Waals surface area contributed by atoms with E-state index in [9.17, 15) is 10.0 Å². The monoisotopic (exact) mass is 323 g/mol. The predicted octanol–water partition coefficient (Wildman–Crippen LogP) is 4.95. The maximum atomic E-state index is 10.9. The third-order valence-electron chi connectivity index (χ3n) is 6.76. The second kappa shape index (κ2) is 6.82. The Balaban J connectivity index is 2.17. The summed E-state index contributed by atoms with van der Waals surface area (Å²) in [4.78, 5) is 10.9. The Labute approximate surface area is 140 Å². The third-order valence-corrected chi connectivity index (χ3v) is 6.76. The van der Waals surface area contributed by atoms with E-state index in [4.69, 9.17) is 5.11 Å². The highest BCUT2D eigenvalue weighted by Gasteiger charge is 2.53. The molecular weight excluding hydrogens is 290 g/mol. The molecule has 0 saturated heterocycles. The van der Waals surface area contributed by atoms with Crippen molar-refractivity contribution in [3.8, 4) is 0 Å². The van der Waals surface area contributed by atoms with Crippen LogP contribution in [0.25, 0.3) is 0 Å². The Hall–Kier alpha value is -1.06. The van der Waals surface area contributed by atoms with Crippen LogP contribution in [0.1, 0.15) is 79.1 Å². The lowest BCUT2D eigenvalue weighted by Gasteiger charge is -2.57. The van der Waals surface area contributed by atoms with Gasteiger partial charge in [0.05, 0.1) is 5.71 Å². The van der Waals surface area contributed by atoms with Gasteiger partial charge >= 0.3 is 5.97 Å². The van der Waals surface area contributed by atoms with Gasteiger partial charge in [-0.3, -0.25) is 4.79 Å². The molecule has 4 heteroatoms. The molecule has 0 aliphatic heterocycles. The van der Waals surface area contributed by atoms with Gasteiger partial charge in [-0.05, 0) is 61.2 Å². The molecule has 0 amide bonds. The van der Waals surface area contributed by atoms with Crippen LogP contribution in [0.15, 0.2) is 5.16 Å². The minimum absolute atomic E-state index is 0.174. The highest BCUT2D eigenvalue weighted by atomic mass is 16.4. The number of hydrogen-bond acceptors (Lipinski definition) is 3. The Morgan fingerprint density at radius 1 is 1.35 bits per heavy atom. The van der Waals surface area contributed by atoms with Gasteiger partial charge in [0.25, 0.3) is 0 Å². The van der Waals surface area contributed by atoms with Gasteiger partial charge < -0.3 is 10.3 Å². The summed E-state index contributed by atoms with van der Waals surface area (Å²) in [6.45, 7) is 9.17. The number of oxime groups is 1. The van der Waals surface area contributed by atoms with Crippen LogP contribution in [0, 0.1) is 28.6 Å². The van der Waals surface area contributed by atoms with Crippen molar-refractivity contribution in [3.05, 3.63) is 0 Å². The van der Waals surface area contributed by atoms with Gasteiger partial charge in [0.2, 0.25) is 0 Å². The number of rotatable bonds is 5. The second-order valence-electron chi connectivity index (χ2n) is 8.86. The number of carboxylic acid groups (broad SMARTS) is 1. The molecule has 2 N–H and O–H groups in total. The number of hydrogen-bond donors (Lipinski definition) is 2. The normalized spacial score (nSPS) is 36.4. The molecule has 4 nitrogen and oxygen atoms in total. The first-order valence-electron chi connectivity index (χ1n) is 9.13. The summed E-state index contributed by atoms with van der Waals surface area (Å²) < 4.78 is 0. The molecule has 0 aromatic carbocycles. The zero-order valence-electron chi connectivity index (χ0n) is 15.1. The van der Waals surface area contributed by atoms with Gasteiger partial charge in [-0.25, -0.2) is 0 Å². The fourth-order valence-corrected chi connectivity index (χ4v) is 5.62. The third kappa shape index (κ3) is 3.72. The number of nitrogens with zero attached hydrogens (tertiary/aromatic N) is 1. The average molecular weight is 323 g/mol. The van der Waals surface area contributed by atoms with E-state index < -0.39 is 5.97 Å².